The number of nitrogens with two attached hydrogens (primary N) is 2. The first-order valence-corrected chi connectivity index (χ1v) is 3.33. The van der Waals surface area contributed by atoms with Crippen molar-refractivity contribution in [3.05, 3.63) is 6.42 Å². The second kappa shape index (κ2) is 5.52. The predicted molar refractivity (Wildman–Crippen MR) is 42.6 cm³/mol. The number of nitrogens with one attached hydrogen (secondary N) is 2. The van der Waals surface area contributed by atoms with E-state index in [2.05, 4.69) is 5.32 Å². The molecular formula is C6H13N4O. The smallest absolute Gasteiger partial charge is 0.221 e. The van der Waals surface area contributed by atoms with Gasteiger partial charge < -0.3 is 16.8 Å². The molecule has 6 N–H and O–H groups in total. The molecule has 0 aliphatic rings. The highest BCUT2D eigenvalue weighted by Crippen LogP contribution is 1.89. The second-order valence-corrected chi connectivity index (χ2v) is 2.09. The van der Waals surface area contributed by atoms with Gasteiger partial charge in [0.1, 0.15) is 0 Å². The highest BCUT2D eigenvalue weighted by Gasteiger charge is 1.94. The first kappa shape index (κ1) is 9.74. The minimum absolute atomic E-state index is 0.0518. The Kier molecular flexibility index (Phi) is 4.89. The summed E-state index contributed by atoms with van der Waals surface area (Å²) >= 11 is 0. The fourth-order valence-electron chi connectivity index (χ4n) is 0.569. The zero-order valence-corrected chi connectivity index (χ0v) is 6.26. The van der Waals surface area contributed by atoms with E-state index in [1.165, 1.54) is 6.42 Å². The molecule has 11 heavy (non-hydrogen) atoms. The van der Waals surface area contributed by atoms with Crippen molar-refractivity contribution in [3.63, 3.8) is 0 Å². The first-order valence-electron chi connectivity index (χ1n) is 3.33. The number of primary amides is 1. The Morgan fingerprint density at radius 3 is 2.64 bits per heavy atom. The molecule has 0 saturated carbocycles. The van der Waals surface area contributed by atoms with Gasteiger partial charge in [-0.2, -0.15) is 0 Å². The van der Waals surface area contributed by atoms with Gasteiger partial charge >= 0.3 is 0 Å². The molecule has 0 unspecified atom stereocenters. The lowest BCUT2D eigenvalue weighted by atomic mass is 10.2. The van der Waals surface area contributed by atoms with Crippen LogP contribution in [-0.2, 0) is 4.79 Å². The standard InChI is InChI=1S/C6H13N4O/c7-5(11)3-1-2-4-10-6(8)9/h3H,1-2,4H2,(H2,7,11)(H4,8,9,10). The largest absolute Gasteiger partial charge is 0.370 e. The van der Waals surface area contributed by atoms with Crippen LogP contribution in [0.25, 0.3) is 0 Å². The molecule has 0 spiro atoms. The Morgan fingerprint density at radius 2 is 2.18 bits per heavy atom. The van der Waals surface area contributed by atoms with Crippen LogP contribution in [-0.4, -0.2) is 18.4 Å². The minimum Gasteiger partial charge on any atom is -0.370 e. The van der Waals surface area contributed by atoms with Crippen LogP contribution in [0.3, 0.4) is 0 Å². The lowest BCUT2D eigenvalue weighted by Gasteiger charge is -2.00. The molecule has 0 aliphatic carbocycles. The summed E-state index contributed by atoms with van der Waals surface area (Å²) in [6.45, 7) is 0.596. The molecule has 0 aromatic rings. The van der Waals surface area contributed by atoms with Gasteiger partial charge in [-0.1, -0.05) is 0 Å². The molecule has 1 amide bonds. The van der Waals surface area contributed by atoms with E-state index in [0.29, 0.717) is 13.0 Å². The zero-order chi connectivity index (χ0) is 8.69. The maximum absolute atomic E-state index is 10.2. The molecule has 0 aromatic carbocycles. The number of unbranched alkanes of at least 4 members (excludes halogenated alkanes) is 1. The van der Waals surface area contributed by atoms with Gasteiger partial charge in [0.2, 0.25) is 5.91 Å². The summed E-state index contributed by atoms with van der Waals surface area (Å²) < 4.78 is 0. The number of guanidine groups is 1. The van der Waals surface area contributed by atoms with E-state index in [9.17, 15) is 4.79 Å². The highest BCUT2D eigenvalue weighted by atomic mass is 16.1. The molecule has 0 heterocycles. The van der Waals surface area contributed by atoms with Crippen LogP contribution in [0.4, 0.5) is 0 Å². The first-order chi connectivity index (χ1) is 5.13. The van der Waals surface area contributed by atoms with Crippen molar-refractivity contribution in [1.29, 1.82) is 5.41 Å². The van der Waals surface area contributed by atoms with Crippen LogP contribution in [0.2, 0.25) is 0 Å². The highest BCUT2D eigenvalue weighted by molar-refractivity contribution is 5.82. The third kappa shape index (κ3) is 8.74. The number of rotatable bonds is 5. The van der Waals surface area contributed by atoms with Gasteiger partial charge in [-0.25, -0.2) is 0 Å². The van der Waals surface area contributed by atoms with Crippen molar-refractivity contribution in [2.45, 2.75) is 12.8 Å². The number of carbonyl (C=O) groups is 1. The van der Waals surface area contributed by atoms with Crippen LogP contribution < -0.4 is 16.8 Å². The third-order valence-corrected chi connectivity index (χ3v) is 1.04. The van der Waals surface area contributed by atoms with Crippen molar-refractivity contribution in [1.82, 2.24) is 5.32 Å². The molecule has 63 valence electrons. The van der Waals surface area contributed by atoms with E-state index in [1.807, 2.05) is 0 Å². The van der Waals surface area contributed by atoms with Crippen molar-refractivity contribution < 1.29 is 4.79 Å². The summed E-state index contributed by atoms with van der Waals surface area (Å²) in [5.74, 6) is -0.461. The van der Waals surface area contributed by atoms with Crippen molar-refractivity contribution in [2.24, 2.45) is 11.5 Å². The Bertz CT molecular complexity index is 130. The summed E-state index contributed by atoms with van der Waals surface area (Å²) in [5.41, 5.74) is 9.86. The lowest BCUT2D eigenvalue weighted by molar-refractivity contribution is -0.115. The summed E-state index contributed by atoms with van der Waals surface area (Å²) in [6.07, 6.45) is 2.78. The topological polar surface area (TPSA) is 105 Å². The average Bonchev–Trinajstić information content (AvgIpc) is 1.85. The van der Waals surface area contributed by atoms with Crippen molar-refractivity contribution >= 4 is 11.9 Å². The fraction of sp³-hybridized carbons (Fsp3) is 0.500. The van der Waals surface area contributed by atoms with Gasteiger partial charge in [0.15, 0.2) is 5.96 Å². The van der Waals surface area contributed by atoms with Gasteiger partial charge in [0, 0.05) is 13.0 Å². The van der Waals surface area contributed by atoms with Crippen molar-refractivity contribution in [2.75, 3.05) is 6.54 Å². The van der Waals surface area contributed by atoms with Gasteiger partial charge in [-0.05, 0) is 12.8 Å². The normalized spacial score (nSPS) is 9.09. The van der Waals surface area contributed by atoms with E-state index < -0.39 is 5.91 Å². The average molecular weight is 157 g/mol. The number of hydrogen-bond donors (Lipinski definition) is 4. The molecule has 0 rings (SSSR count). The van der Waals surface area contributed by atoms with E-state index in [0.717, 1.165) is 6.42 Å². The van der Waals surface area contributed by atoms with Crippen molar-refractivity contribution in [3.8, 4) is 0 Å². The maximum Gasteiger partial charge on any atom is 0.221 e. The van der Waals surface area contributed by atoms with Crippen LogP contribution in [0.1, 0.15) is 12.8 Å². The summed E-state index contributed by atoms with van der Waals surface area (Å²) in [6, 6.07) is 0. The molecule has 1 radical (unpaired) electrons. The number of hydrogen-bond acceptors (Lipinski definition) is 2. The molecular weight excluding hydrogens is 144 g/mol. The van der Waals surface area contributed by atoms with Crippen LogP contribution in [0, 0.1) is 11.8 Å². The monoisotopic (exact) mass is 157 g/mol. The Hall–Kier alpha value is -1.26. The second-order valence-electron chi connectivity index (χ2n) is 2.09. The lowest BCUT2D eigenvalue weighted by Crippen LogP contribution is -2.31. The number of carbonyl (C=O) groups excluding carboxylic acids is 1. The van der Waals surface area contributed by atoms with Gasteiger partial charge in [0.25, 0.3) is 0 Å². The fourth-order valence-corrected chi connectivity index (χ4v) is 0.569. The quantitative estimate of drug-likeness (QED) is 0.232. The molecule has 0 aliphatic heterocycles. The predicted octanol–water partition coefficient (Wildman–Crippen LogP) is -1.06. The van der Waals surface area contributed by atoms with E-state index in [-0.39, 0.29) is 5.96 Å². The molecule has 0 bridgehead atoms. The molecule has 0 aromatic heterocycles. The molecule has 0 atom stereocenters. The van der Waals surface area contributed by atoms with E-state index in [4.69, 9.17) is 16.9 Å². The summed E-state index contributed by atoms with van der Waals surface area (Å²) in [7, 11) is 0. The van der Waals surface area contributed by atoms with E-state index >= 15 is 0 Å². The van der Waals surface area contributed by atoms with Crippen LogP contribution in [0.15, 0.2) is 0 Å². The summed E-state index contributed by atoms with van der Waals surface area (Å²) in [4.78, 5) is 10.2. The van der Waals surface area contributed by atoms with Crippen LogP contribution in [0.5, 0.6) is 0 Å². The molecule has 0 fully saturated rings. The zero-order valence-electron chi connectivity index (χ0n) is 6.26. The van der Waals surface area contributed by atoms with Gasteiger partial charge in [-0.3, -0.25) is 10.2 Å². The number of amides is 1. The SMILES string of the molecule is N=C(N)NCCC[CH]C(N)=O. The Labute approximate surface area is 65.6 Å². The third-order valence-electron chi connectivity index (χ3n) is 1.04. The summed E-state index contributed by atoms with van der Waals surface area (Å²) in [5, 5.41) is 9.39. The van der Waals surface area contributed by atoms with Gasteiger partial charge in [0.05, 0.1) is 0 Å². The minimum atomic E-state index is -0.409. The molecule has 0 saturated heterocycles. The Morgan fingerprint density at radius 1 is 1.55 bits per heavy atom. The molecule has 5 nitrogen and oxygen atoms in total. The van der Waals surface area contributed by atoms with Gasteiger partial charge in [-0.15, -0.1) is 0 Å². The molecule has 5 heteroatoms. The maximum atomic E-state index is 10.2. The van der Waals surface area contributed by atoms with Crippen LogP contribution >= 0.6 is 0 Å². The Balaban J connectivity index is 3.03. The van der Waals surface area contributed by atoms with E-state index in [1.54, 1.807) is 0 Å².